The van der Waals surface area contributed by atoms with Crippen molar-refractivity contribution >= 4 is 5.78 Å². The van der Waals surface area contributed by atoms with E-state index in [4.69, 9.17) is 0 Å². The lowest BCUT2D eigenvalue weighted by atomic mass is 9.96. The van der Waals surface area contributed by atoms with E-state index in [0.717, 1.165) is 5.92 Å². The third-order valence-corrected chi connectivity index (χ3v) is 4.10. The highest BCUT2D eigenvalue weighted by Gasteiger charge is 2.68. The van der Waals surface area contributed by atoms with E-state index < -0.39 is 0 Å². The topological polar surface area (TPSA) is 17.1 Å². The van der Waals surface area contributed by atoms with Crippen LogP contribution in [-0.2, 0) is 4.79 Å². The smallest absolute Gasteiger partial charge is 0.143 e. The molecule has 1 nitrogen and oxygen atoms in total. The summed E-state index contributed by atoms with van der Waals surface area (Å²) in [6.07, 6.45) is 7.85. The lowest BCUT2D eigenvalue weighted by Crippen LogP contribution is -2.03. The van der Waals surface area contributed by atoms with Gasteiger partial charge in [-0.15, -0.1) is 0 Å². The van der Waals surface area contributed by atoms with Crippen LogP contribution in [-0.4, -0.2) is 5.78 Å². The quantitative estimate of drug-likeness (QED) is 0.517. The van der Waals surface area contributed by atoms with Crippen molar-refractivity contribution in [2.45, 2.75) is 38.5 Å². The molecule has 1 heteroatoms. The van der Waals surface area contributed by atoms with Gasteiger partial charge in [0.25, 0.3) is 0 Å². The van der Waals surface area contributed by atoms with Gasteiger partial charge in [0, 0.05) is 11.3 Å². The standard InChI is InChI=1S/C10H14O/c11-9-8-5-7-3-1-2-4-10(8,9)6-7/h7-8H,1-6H2. The molecule has 0 aliphatic heterocycles. The molecule has 3 atom stereocenters. The summed E-state index contributed by atoms with van der Waals surface area (Å²) in [5.74, 6) is 2.09. The molecule has 0 heterocycles. The van der Waals surface area contributed by atoms with Gasteiger partial charge in [-0.3, -0.25) is 4.79 Å². The first-order valence-corrected chi connectivity index (χ1v) is 4.87. The molecule has 3 aliphatic rings. The molecule has 0 aromatic rings. The average molecular weight is 150 g/mol. The van der Waals surface area contributed by atoms with E-state index >= 15 is 0 Å². The number of hydrogen-bond acceptors (Lipinski definition) is 1. The third-order valence-electron chi connectivity index (χ3n) is 4.10. The van der Waals surface area contributed by atoms with Crippen molar-refractivity contribution in [2.75, 3.05) is 0 Å². The van der Waals surface area contributed by atoms with Crippen molar-refractivity contribution in [3.8, 4) is 0 Å². The molecular formula is C10H14O. The molecular weight excluding hydrogens is 136 g/mol. The Morgan fingerprint density at radius 1 is 1.36 bits per heavy atom. The van der Waals surface area contributed by atoms with Crippen LogP contribution < -0.4 is 0 Å². The highest BCUT2D eigenvalue weighted by Crippen LogP contribution is 2.66. The van der Waals surface area contributed by atoms with Gasteiger partial charge in [-0.2, -0.15) is 0 Å². The summed E-state index contributed by atoms with van der Waals surface area (Å²) in [5, 5.41) is 0. The first-order valence-electron chi connectivity index (χ1n) is 4.87. The average Bonchev–Trinajstić information content (AvgIpc) is 2.34. The Hall–Kier alpha value is -0.330. The zero-order chi connectivity index (χ0) is 7.47. The third kappa shape index (κ3) is 0.605. The van der Waals surface area contributed by atoms with Gasteiger partial charge in [-0.25, -0.2) is 0 Å². The first kappa shape index (κ1) is 6.22. The van der Waals surface area contributed by atoms with E-state index in [0.29, 0.717) is 11.7 Å². The summed E-state index contributed by atoms with van der Waals surface area (Å²) in [7, 11) is 0. The molecule has 0 aromatic carbocycles. The Kier molecular flexibility index (Phi) is 0.961. The second-order valence-electron chi connectivity index (χ2n) is 4.62. The number of rotatable bonds is 0. The van der Waals surface area contributed by atoms with Crippen LogP contribution in [0.1, 0.15) is 38.5 Å². The Labute approximate surface area is 67.2 Å². The van der Waals surface area contributed by atoms with E-state index in [1.807, 2.05) is 0 Å². The van der Waals surface area contributed by atoms with Crippen LogP contribution in [0.4, 0.5) is 0 Å². The van der Waals surface area contributed by atoms with E-state index in [9.17, 15) is 4.79 Å². The molecule has 0 amide bonds. The molecule has 1 spiro atoms. The molecule has 0 saturated heterocycles. The van der Waals surface area contributed by atoms with Crippen LogP contribution in [0.15, 0.2) is 0 Å². The number of carbonyl (C=O) groups excluding carboxylic acids is 1. The minimum atomic E-state index is 0.265. The highest BCUT2D eigenvalue weighted by atomic mass is 16.1. The molecule has 0 radical (unpaired) electrons. The molecule has 60 valence electrons. The van der Waals surface area contributed by atoms with E-state index in [-0.39, 0.29) is 5.41 Å². The van der Waals surface area contributed by atoms with Crippen molar-refractivity contribution in [3.05, 3.63) is 0 Å². The summed E-state index contributed by atoms with van der Waals surface area (Å²) in [6, 6.07) is 0. The molecule has 3 saturated carbocycles. The second kappa shape index (κ2) is 1.70. The second-order valence-corrected chi connectivity index (χ2v) is 4.62. The van der Waals surface area contributed by atoms with Crippen molar-refractivity contribution in [1.29, 1.82) is 0 Å². The molecule has 11 heavy (non-hydrogen) atoms. The highest BCUT2D eigenvalue weighted by molar-refractivity contribution is 6.04. The molecule has 0 N–H and O–H groups in total. The fourth-order valence-electron chi connectivity index (χ4n) is 3.46. The van der Waals surface area contributed by atoms with Gasteiger partial charge in [0.15, 0.2) is 0 Å². The van der Waals surface area contributed by atoms with E-state index in [2.05, 4.69) is 0 Å². The van der Waals surface area contributed by atoms with Gasteiger partial charge in [0.05, 0.1) is 0 Å². The molecule has 3 rings (SSSR count). The minimum Gasteiger partial charge on any atom is -0.299 e. The maximum absolute atomic E-state index is 11.4. The first-order chi connectivity index (χ1) is 5.33. The summed E-state index contributed by atoms with van der Waals surface area (Å²) in [5.41, 5.74) is 0.265. The molecule has 2 bridgehead atoms. The molecule has 0 aromatic heterocycles. The predicted octanol–water partition coefficient (Wildman–Crippen LogP) is 2.16. The van der Waals surface area contributed by atoms with Crippen molar-refractivity contribution < 1.29 is 4.79 Å². The SMILES string of the molecule is O=C1C2CC3CCCCC12C3. The number of ketones is 1. The Morgan fingerprint density at radius 2 is 2.27 bits per heavy atom. The van der Waals surface area contributed by atoms with Gasteiger partial charge in [-0.05, 0) is 25.2 Å². The van der Waals surface area contributed by atoms with Crippen molar-refractivity contribution in [3.63, 3.8) is 0 Å². The lowest BCUT2D eigenvalue weighted by molar-refractivity contribution is -0.114. The van der Waals surface area contributed by atoms with Gasteiger partial charge in [-0.1, -0.05) is 19.3 Å². The normalized spacial score (nSPS) is 53.6. The Balaban J connectivity index is 1.93. The summed E-state index contributed by atoms with van der Waals surface area (Å²) in [6.45, 7) is 0. The summed E-state index contributed by atoms with van der Waals surface area (Å²) >= 11 is 0. The van der Waals surface area contributed by atoms with Crippen LogP contribution in [0.3, 0.4) is 0 Å². The van der Waals surface area contributed by atoms with E-state index in [1.165, 1.54) is 38.5 Å². The predicted molar refractivity (Wildman–Crippen MR) is 42.1 cm³/mol. The monoisotopic (exact) mass is 150 g/mol. The number of hydrogen-bond donors (Lipinski definition) is 0. The maximum atomic E-state index is 11.4. The Bertz CT molecular complexity index is 221. The van der Waals surface area contributed by atoms with Crippen LogP contribution in [0.5, 0.6) is 0 Å². The lowest BCUT2D eigenvalue weighted by Gasteiger charge is -2.08. The molecule has 3 aliphatic carbocycles. The van der Waals surface area contributed by atoms with E-state index in [1.54, 1.807) is 0 Å². The minimum absolute atomic E-state index is 0.265. The van der Waals surface area contributed by atoms with Crippen molar-refractivity contribution in [1.82, 2.24) is 0 Å². The van der Waals surface area contributed by atoms with Gasteiger partial charge >= 0.3 is 0 Å². The molecule has 3 fully saturated rings. The van der Waals surface area contributed by atoms with Crippen LogP contribution >= 0.6 is 0 Å². The summed E-state index contributed by atoms with van der Waals surface area (Å²) < 4.78 is 0. The maximum Gasteiger partial charge on any atom is 0.143 e. The van der Waals surface area contributed by atoms with Crippen LogP contribution in [0.25, 0.3) is 0 Å². The van der Waals surface area contributed by atoms with Gasteiger partial charge in [0.2, 0.25) is 0 Å². The fraction of sp³-hybridized carbons (Fsp3) is 0.900. The Morgan fingerprint density at radius 3 is 3.18 bits per heavy atom. The van der Waals surface area contributed by atoms with Crippen LogP contribution in [0, 0.1) is 17.3 Å². The number of Topliss-reactive ketones (excluding diaryl/α,β-unsaturated/α-hetero) is 1. The summed E-state index contributed by atoms with van der Waals surface area (Å²) in [4.78, 5) is 11.4. The largest absolute Gasteiger partial charge is 0.299 e. The van der Waals surface area contributed by atoms with Crippen molar-refractivity contribution in [2.24, 2.45) is 17.3 Å². The van der Waals surface area contributed by atoms with Crippen LogP contribution in [0.2, 0.25) is 0 Å². The van der Waals surface area contributed by atoms with Gasteiger partial charge < -0.3 is 0 Å². The zero-order valence-corrected chi connectivity index (χ0v) is 6.81. The molecule has 3 unspecified atom stereocenters. The number of fused-ring (bicyclic) bond motifs is 1. The van der Waals surface area contributed by atoms with Gasteiger partial charge in [0.1, 0.15) is 5.78 Å². The fourth-order valence-corrected chi connectivity index (χ4v) is 3.46. The number of carbonyl (C=O) groups is 1. The zero-order valence-electron chi connectivity index (χ0n) is 6.81.